The molecule has 0 saturated carbocycles. The molecule has 0 amide bonds. The average Bonchev–Trinajstić information content (AvgIpc) is 2.84. The first-order valence-corrected chi connectivity index (χ1v) is 6.49. The van der Waals surface area contributed by atoms with Crippen LogP contribution in [0.4, 0.5) is 5.69 Å². The molecule has 0 atom stereocenters. The molecule has 1 aromatic carbocycles. The van der Waals surface area contributed by atoms with E-state index in [2.05, 4.69) is 51.5 Å². The molecule has 0 aliphatic carbocycles. The third kappa shape index (κ3) is 3.51. The molecule has 19 heavy (non-hydrogen) atoms. The summed E-state index contributed by atoms with van der Waals surface area (Å²) in [6, 6.07) is 8.30. The lowest BCUT2D eigenvalue weighted by Gasteiger charge is -2.22. The summed E-state index contributed by atoms with van der Waals surface area (Å²) in [5.41, 5.74) is 7.91. The van der Waals surface area contributed by atoms with E-state index in [1.165, 1.54) is 4.80 Å². The Kier molecular flexibility index (Phi) is 4.46. The highest BCUT2D eigenvalue weighted by Gasteiger charge is 2.10. The van der Waals surface area contributed by atoms with Crippen LogP contribution in [0, 0.1) is 0 Å². The predicted octanol–water partition coefficient (Wildman–Crippen LogP) is 1.09. The quantitative estimate of drug-likeness (QED) is 0.841. The van der Waals surface area contributed by atoms with Gasteiger partial charge >= 0.3 is 0 Å². The number of hydrogen-bond acceptors (Lipinski definition) is 5. The molecule has 2 N–H and O–H groups in total. The maximum atomic E-state index is 5.62. The minimum absolute atomic E-state index is 0.569. The van der Waals surface area contributed by atoms with Crippen LogP contribution >= 0.6 is 0 Å². The zero-order valence-electron chi connectivity index (χ0n) is 11.5. The highest BCUT2D eigenvalue weighted by Crippen LogP contribution is 2.17. The summed E-state index contributed by atoms with van der Waals surface area (Å²) in [6.07, 6.45) is 1.07. The van der Waals surface area contributed by atoms with Crippen LogP contribution in [0.15, 0.2) is 24.3 Å². The van der Waals surface area contributed by atoms with E-state index in [1.807, 2.05) is 0 Å². The second-order valence-electron chi connectivity index (χ2n) is 4.49. The number of nitrogens with zero attached hydrogens (tertiary/aromatic N) is 5. The second-order valence-corrected chi connectivity index (χ2v) is 4.49. The number of hydrogen-bond donors (Lipinski definition) is 1. The van der Waals surface area contributed by atoms with Gasteiger partial charge in [-0.2, -0.15) is 4.80 Å². The van der Waals surface area contributed by atoms with Gasteiger partial charge < -0.3 is 10.6 Å². The molecular weight excluding hydrogens is 240 g/mol. The summed E-state index contributed by atoms with van der Waals surface area (Å²) in [5.74, 6) is 0.735. The van der Waals surface area contributed by atoms with Gasteiger partial charge in [0.2, 0.25) is 0 Å². The van der Waals surface area contributed by atoms with Crippen LogP contribution in [0.25, 0.3) is 0 Å². The number of benzene rings is 1. The lowest BCUT2D eigenvalue weighted by molar-refractivity contribution is 0.626. The van der Waals surface area contributed by atoms with Gasteiger partial charge in [0.25, 0.3) is 0 Å². The lowest BCUT2D eigenvalue weighted by Crippen LogP contribution is -2.24. The van der Waals surface area contributed by atoms with Crippen molar-refractivity contribution < 1.29 is 0 Å². The monoisotopic (exact) mass is 260 g/mol. The maximum Gasteiger partial charge on any atom is 0.193 e. The van der Waals surface area contributed by atoms with Gasteiger partial charge in [0.15, 0.2) is 5.82 Å². The molecule has 0 bridgehead atoms. The fourth-order valence-corrected chi connectivity index (χ4v) is 1.97. The number of nitrogens with two attached hydrogens (primary N) is 1. The van der Waals surface area contributed by atoms with Crippen molar-refractivity contribution in [3.05, 3.63) is 35.7 Å². The first kappa shape index (κ1) is 13.5. The zero-order valence-corrected chi connectivity index (χ0v) is 11.5. The molecule has 0 saturated heterocycles. The Balaban J connectivity index is 2.13. The molecule has 1 aromatic heterocycles. The van der Waals surface area contributed by atoms with Crippen LogP contribution in [0.2, 0.25) is 0 Å². The van der Waals surface area contributed by atoms with Crippen LogP contribution in [0.1, 0.15) is 24.7 Å². The van der Waals surface area contributed by atoms with Crippen molar-refractivity contribution in [2.75, 3.05) is 11.4 Å². The van der Waals surface area contributed by atoms with Crippen LogP contribution in [-0.4, -0.2) is 26.8 Å². The third-order valence-corrected chi connectivity index (χ3v) is 2.91. The van der Waals surface area contributed by atoms with Gasteiger partial charge in [0, 0.05) is 18.8 Å². The molecule has 0 unspecified atom stereocenters. The fraction of sp³-hybridized carbons (Fsp3) is 0.462. The molecule has 6 heteroatoms. The van der Waals surface area contributed by atoms with Crippen molar-refractivity contribution in [1.29, 1.82) is 0 Å². The number of rotatable bonds is 6. The Morgan fingerprint density at radius 3 is 2.53 bits per heavy atom. The standard InChI is InChI=1S/C13H20N6/c1-3-8-19(10-13-15-17-18(2)16-13)12-6-4-11(9-14)5-7-12/h4-7H,3,8-10,14H2,1-2H3. The molecule has 0 aliphatic heterocycles. The van der Waals surface area contributed by atoms with Crippen molar-refractivity contribution in [2.24, 2.45) is 12.8 Å². The van der Waals surface area contributed by atoms with Crippen molar-refractivity contribution >= 4 is 5.69 Å². The Bertz CT molecular complexity index is 504. The van der Waals surface area contributed by atoms with E-state index in [1.54, 1.807) is 7.05 Å². The Hall–Kier alpha value is -1.95. The molecule has 0 radical (unpaired) electrons. The summed E-state index contributed by atoms with van der Waals surface area (Å²) in [5, 5.41) is 12.1. The normalized spacial score (nSPS) is 10.7. The summed E-state index contributed by atoms with van der Waals surface area (Å²) >= 11 is 0. The summed E-state index contributed by atoms with van der Waals surface area (Å²) in [7, 11) is 1.77. The van der Waals surface area contributed by atoms with Crippen LogP contribution in [-0.2, 0) is 20.1 Å². The molecule has 2 rings (SSSR count). The first-order chi connectivity index (χ1) is 9.22. The van der Waals surface area contributed by atoms with E-state index in [0.29, 0.717) is 13.1 Å². The van der Waals surface area contributed by atoms with E-state index >= 15 is 0 Å². The minimum atomic E-state index is 0.569. The topological polar surface area (TPSA) is 72.9 Å². The SMILES string of the molecule is CCCN(Cc1nnn(C)n1)c1ccc(CN)cc1. The highest BCUT2D eigenvalue weighted by atomic mass is 15.6. The van der Waals surface area contributed by atoms with Gasteiger partial charge in [-0.3, -0.25) is 0 Å². The molecule has 0 aliphatic rings. The summed E-state index contributed by atoms with van der Waals surface area (Å²) in [6.45, 7) is 4.36. The number of aryl methyl sites for hydroxylation is 1. The average molecular weight is 260 g/mol. The Labute approximate surface area is 113 Å². The lowest BCUT2D eigenvalue weighted by atomic mass is 10.2. The first-order valence-electron chi connectivity index (χ1n) is 6.49. The molecule has 6 nitrogen and oxygen atoms in total. The van der Waals surface area contributed by atoms with Crippen LogP contribution in [0.3, 0.4) is 0 Å². The van der Waals surface area contributed by atoms with Crippen molar-refractivity contribution in [3.8, 4) is 0 Å². The number of tetrazole rings is 1. The predicted molar refractivity (Wildman–Crippen MR) is 74.5 cm³/mol. The highest BCUT2D eigenvalue weighted by molar-refractivity contribution is 5.47. The van der Waals surface area contributed by atoms with Gasteiger partial charge in [-0.05, 0) is 29.3 Å². The van der Waals surface area contributed by atoms with Gasteiger partial charge in [-0.1, -0.05) is 19.1 Å². The van der Waals surface area contributed by atoms with Crippen LogP contribution < -0.4 is 10.6 Å². The van der Waals surface area contributed by atoms with Gasteiger partial charge in [-0.25, -0.2) is 0 Å². The van der Waals surface area contributed by atoms with Crippen molar-refractivity contribution in [1.82, 2.24) is 20.2 Å². The largest absolute Gasteiger partial charge is 0.364 e. The Morgan fingerprint density at radius 1 is 1.26 bits per heavy atom. The van der Waals surface area contributed by atoms with E-state index in [0.717, 1.165) is 30.0 Å². The van der Waals surface area contributed by atoms with E-state index in [4.69, 9.17) is 5.73 Å². The van der Waals surface area contributed by atoms with Gasteiger partial charge in [0.1, 0.15) is 0 Å². The van der Waals surface area contributed by atoms with E-state index in [9.17, 15) is 0 Å². The van der Waals surface area contributed by atoms with Crippen molar-refractivity contribution in [2.45, 2.75) is 26.4 Å². The zero-order chi connectivity index (χ0) is 13.7. The number of aromatic nitrogens is 4. The molecule has 1 heterocycles. The third-order valence-electron chi connectivity index (χ3n) is 2.91. The summed E-state index contributed by atoms with van der Waals surface area (Å²) < 4.78 is 0. The molecule has 0 spiro atoms. The van der Waals surface area contributed by atoms with E-state index < -0.39 is 0 Å². The minimum Gasteiger partial charge on any atom is -0.364 e. The molecule has 0 fully saturated rings. The molecular formula is C13H20N6. The maximum absolute atomic E-state index is 5.62. The smallest absolute Gasteiger partial charge is 0.193 e. The van der Waals surface area contributed by atoms with Crippen molar-refractivity contribution in [3.63, 3.8) is 0 Å². The second kappa shape index (κ2) is 6.29. The molecule has 2 aromatic rings. The van der Waals surface area contributed by atoms with Gasteiger partial charge in [0.05, 0.1) is 13.6 Å². The number of anilines is 1. The van der Waals surface area contributed by atoms with Crippen LogP contribution in [0.5, 0.6) is 0 Å². The Morgan fingerprint density at radius 2 is 2.00 bits per heavy atom. The molecule has 102 valence electrons. The fourth-order valence-electron chi connectivity index (χ4n) is 1.97. The van der Waals surface area contributed by atoms with E-state index in [-0.39, 0.29) is 0 Å². The van der Waals surface area contributed by atoms with Gasteiger partial charge in [-0.15, -0.1) is 10.2 Å². The summed E-state index contributed by atoms with van der Waals surface area (Å²) in [4.78, 5) is 3.73.